The maximum absolute atomic E-state index is 13.0. The van der Waals surface area contributed by atoms with Crippen LogP contribution in [-0.4, -0.2) is 80.9 Å². The van der Waals surface area contributed by atoms with E-state index in [-0.39, 0.29) is 18.4 Å². The first-order valence-corrected chi connectivity index (χ1v) is 10.2. The molecule has 0 aliphatic carbocycles. The predicted octanol–water partition coefficient (Wildman–Crippen LogP) is -1.23. The number of aliphatic carboxylic acids is 1. The first-order chi connectivity index (χ1) is 14.4. The Kier molecular flexibility index (Phi) is 7.03. The zero-order valence-corrected chi connectivity index (χ0v) is 16.9. The van der Waals surface area contributed by atoms with Crippen molar-refractivity contribution in [2.24, 2.45) is 0 Å². The highest BCUT2D eigenvalue weighted by molar-refractivity contribution is 5.94. The molecule has 0 bridgehead atoms. The van der Waals surface area contributed by atoms with Crippen LogP contribution in [0, 0.1) is 0 Å². The molecule has 2 aliphatic heterocycles. The molecular weight excluding hydrogens is 392 g/mol. The Morgan fingerprint density at radius 1 is 1.27 bits per heavy atom. The zero-order valence-electron chi connectivity index (χ0n) is 16.9. The van der Waals surface area contributed by atoms with Crippen molar-refractivity contribution in [1.82, 2.24) is 30.8 Å². The number of hydrogen-bond acceptors (Lipinski definition) is 6. The number of carboxylic acid groups (broad SMARTS) is 1. The molecule has 3 amide bonds. The van der Waals surface area contributed by atoms with Gasteiger partial charge in [-0.05, 0) is 39.2 Å². The third kappa shape index (κ3) is 5.15. The normalized spacial score (nSPS) is 23.0. The number of nitrogens with zero attached hydrogens (tertiary/aromatic N) is 2. The summed E-state index contributed by atoms with van der Waals surface area (Å²) in [6.45, 7) is 2.64. The lowest BCUT2D eigenvalue weighted by Crippen LogP contribution is -2.56. The smallest absolute Gasteiger partial charge is 0.325 e. The molecule has 1 aromatic rings. The second kappa shape index (κ2) is 9.70. The third-order valence-corrected chi connectivity index (χ3v) is 5.54. The molecule has 2 fully saturated rings. The van der Waals surface area contributed by atoms with Crippen LogP contribution in [0.3, 0.4) is 0 Å². The number of aromatic amines is 1. The Morgan fingerprint density at radius 2 is 2.07 bits per heavy atom. The lowest BCUT2D eigenvalue weighted by atomic mass is 10.1. The Balaban J connectivity index is 1.68. The van der Waals surface area contributed by atoms with Gasteiger partial charge in [0.1, 0.15) is 18.1 Å². The van der Waals surface area contributed by atoms with Crippen molar-refractivity contribution < 1.29 is 24.3 Å². The van der Waals surface area contributed by atoms with Crippen LogP contribution in [0.25, 0.3) is 0 Å². The quantitative estimate of drug-likeness (QED) is 0.352. The number of likely N-dealkylation sites (tertiary alicyclic amines) is 1. The van der Waals surface area contributed by atoms with E-state index in [1.54, 1.807) is 4.90 Å². The van der Waals surface area contributed by atoms with Gasteiger partial charge in [-0.3, -0.25) is 19.2 Å². The van der Waals surface area contributed by atoms with Crippen LogP contribution in [0.2, 0.25) is 0 Å². The van der Waals surface area contributed by atoms with Crippen molar-refractivity contribution in [2.45, 2.75) is 63.2 Å². The standard InChI is InChI=1S/C19H28N6O5/c1-11(19(29)30)23-16(26)14(8-12-9-20-10-22-12)24-17(27)15-5-3-7-25(15)18(28)13-4-2-6-21-13/h9-11,13-15,21H,2-8H2,1H3,(H,20,22)(H,23,26)(H,24,27)(H,29,30). The Hall–Kier alpha value is -2.95. The summed E-state index contributed by atoms with van der Waals surface area (Å²) >= 11 is 0. The summed E-state index contributed by atoms with van der Waals surface area (Å²) in [7, 11) is 0. The summed E-state index contributed by atoms with van der Waals surface area (Å²) < 4.78 is 0. The van der Waals surface area contributed by atoms with Gasteiger partial charge in [-0.2, -0.15) is 0 Å². The van der Waals surface area contributed by atoms with Gasteiger partial charge in [0.2, 0.25) is 17.7 Å². The number of amides is 3. The van der Waals surface area contributed by atoms with Crippen LogP contribution in [0.15, 0.2) is 12.5 Å². The highest BCUT2D eigenvalue weighted by Gasteiger charge is 2.39. The molecular formula is C19H28N6O5. The van der Waals surface area contributed by atoms with Crippen LogP contribution in [0.5, 0.6) is 0 Å². The van der Waals surface area contributed by atoms with Crippen LogP contribution in [0.4, 0.5) is 0 Å². The summed E-state index contributed by atoms with van der Waals surface area (Å²) in [5, 5.41) is 17.3. The minimum atomic E-state index is -1.17. The average Bonchev–Trinajstić information content (AvgIpc) is 3.48. The number of H-pyrrole nitrogens is 1. The van der Waals surface area contributed by atoms with Gasteiger partial charge in [0.25, 0.3) is 0 Å². The van der Waals surface area contributed by atoms with E-state index in [0.717, 1.165) is 19.4 Å². The molecule has 5 N–H and O–H groups in total. The first-order valence-electron chi connectivity index (χ1n) is 10.2. The molecule has 0 spiro atoms. The van der Waals surface area contributed by atoms with E-state index < -0.39 is 35.9 Å². The number of aromatic nitrogens is 2. The van der Waals surface area contributed by atoms with Crippen molar-refractivity contribution in [3.8, 4) is 0 Å². The van der Waals surface area contributed by atoms with Gasteiger partial charge >= 0.3 is 5.97 Å². The fraction of sp³-hybridized carbons (Fsp3) is 0.632. The van der Waals surface area contributed by atoms with E-state index in [1.807, 2.05) is 0 Å². The summed E-state index contributed by atoms with van der Waals surface area (Å²) in [5.41, 5.74) is 0.618. The summed E-state index contributed by atoms with van der Waals surface area (Å²) in [5.74, 6) is -2.28. The van der Waals surface area contributed by atoms with Gasteiger partial charge in [-0.1, -0.05) is 0 Å². The van der Waals surface area contributed by atoms with Crippen molar-refractivity contribution in [3.63, 3.8) is 0 Å². The van der Waals surface area contributed by atoms with E-state index in [0.29, 0.717) is 25.1 Å². The molecule has 3 heterocycles. The van der Waals surface area contributed by atoms with E-state index in [4.69, 9.17) is 5.11 Å². The molecule has 0 aromatic carbocycles. The van der Waals surface area contributed by atoms with Crippen molar-refractivity contribution in [3.05, 3.63) is 18.2 Å². The van der Waals surface area contributed by atoms with Gasteiger partial charge < -0.3 is 30.9 Å². The SMILES string of the molecule is CC(NC(=O)C(Cc1cnc[nH]1)NC(=O)C1CCCN1C(=O)C1CCCN1)C(=O)O. The second-order valence-corrected chi connectivity index (χ2v) is 7.75. The summed E-state index contributed by atoms with van der Waals surface area (Å²) in [6.07, 6.45) is 6.02. The van der Waals surface area contributed by atoms with Gasteiger partial charge in [0.05, 0.1) is 12.4 Å². The van der Waals surface area contributed by atoms with E-state index in [1.165, 1.54) is 19.4 Å². The third-order valence-electron chi connectivity index (χ3n) is 5.54. The number of hydrogen-bond donors (Lipinski definition) is 5. The molecule has 2 aliphatic rings. The average molecular weight is 420 g/mol. The molecule has 11 heteroatoms. The summed E-state index contributed by atoms with van der Waals surface area (Å²) in [4.78, 5) is 57.9. The molecule has 3 rings (SSSR count). The largest absolute Gasteiger partial charge is 0.480 e. The van der Waals surface area contributed by atoms with Gasteiger partial charge in [-0.25, -0.2) is 4.98 Å². The van der Waals surface area contributed by atoms with Crippen molar-refractivity contribution in [1.29, 1.82) is 0 Å². The van der Waals surface area contributed by atoms with Gasteiger partial charge in [-0.15, -0.1) is 0 Å². The molecule has 1 aromatic heterocycles. The fourth-order valence-corrected chi connectivity index (χ4v) is 3.87. The fourth-order valence-electron chi connectivity index (χ4n) is 3.87. The molecule has 0 saturated carbocycles. The minimum Gasteiger partial charge on any atom is -0.480 e. The lowest BCUT2D eigenvalue weighted by Gasteiger charge is -2.28. The van der Waals surface area contributed by atoms with Crippen LogP contribution in [-0.2, 0) is 25.6 Å². The van der Waals surface area contributed by atoms with Crippen molar-refractivity contribution in [2.75, 3.05) is 13.1 Å². The Morgan fingerprint density at radius 3 is 2.70 bits per heavy atom. The number of rotatable bonds is 8. The monoisotopic (exact) mass is 420 g/mol. The highest BCUT2D eigenvalue weighted by atomic mass is 16.4. The van der Waals surface area contributed by atoms with E-state index in [9.17, 15) is 19.2 Å². The maximum atomic E-state index is 13.0. The highest BCUT2D eigenvalue weighted by Crippen LogP contribution is 2.21. The molecule has 11 nitrogen and oxygen atoms in total. The van der Waals surface area contributed by atoms with E-state index >= 15 is 0 Å². The Bertz CT molecular complexity index is 776. The maximum Gasteiger partial charge on any atom is 0.325 e. The zero-order chi connectivity index (χ0) is 21.7. The molecule has 4 atom stereocenters. The van der Waals surface area contributed by atoms with Gasteiger partial charge in [0, 0.05) is 24.9 Å². The number of carbonyl (C=O) groups is 4. The lowest BCUT2D eigenvalue weighted by molar-refractivity contribution is -0.142. The van der Waals surface area contributed by atoms with E-state index in [2.05, 4.69) is 25.9 Å². The van der Waals surface area contributed by atoms with Crippen LogP contribution < -0.4 is 16.0 Å². The van der Waals surface area contributed by atoms with Crippen LogP contribution in [0.1, 0.15) is 38.3 Å². The number of carboxylic acids is 1. The molecule has 4 unspecified atom stereocenters. The summed E-state index contributed by atoms with van der Waals surface area (Å²) in [6, 6.07) is -3.01. The number of carbonyl (C=O) groups excluding carboxylic acids is 3. The molecule has 2 saturated heterocycles. The number of imidazole rings is 1. The predicted molar refractivity (Wildman–Crippen MR) is 105 cm³/mol. The topological polar surface area (TPSA) is 157 Å². The minimum absolute atomic E-state index is 0.0841. The second-order valence-electron chi connectivity index (χ2n) is 7.75. The number of nitrogens with one attached hydrogen (secondary N) is 4. The Labute approximate surface area is 174 Å². The van der Waals surface area contributed by atoms with Gasteiger partial charge in [0.15, 0.2) is 0 Å². The molecule has 30 heavy (non-hydrogen) atoms. The molecule has 0 radical (unpaired) electrons. The first kappa shape index (κ1) is 21.8. The molecule has 164 valence electrons. The van der Waals surface area contributed by atoms with Crippen LogP contribution >= 0.6 is 0 Å². The van der Waals surface area contributed by atoms with Crippen molar-refractivity contribution >= 4 is 23.7 Å².